The Hall–Kier alpha value is -1.08. The molecule has 2 atom stereocenters. The molecule has 0 radical (unpaired) electrons. The number of hydrogen-bond donors (Lipinski definition) is 1. The second-order valence-electron chi connectivity index (χ2n) is 6.74. The predicted octanol–water partition coefficient (Wildman–Crippen LogP) is 5.73. The van der Waals surface area contributed by atoms with Crippen LogP contribution in [0.5, 0.6) is 0 Å². The van der Waals surface area contributed by atoms with E-state index >= 15 is 0 Å². The lowest BCUT2D eigenvalue weighted by Crippen LogP contribution is -2.05. The van der Waals surface area contributed by atoms with Gasteiger partial charge in [0.05, 0.1) is 6.10 Å². The smallest absolute Gasteiger partial charge is 0.0760 e. The monoisotopic (exact) mass is 288 g/mol. The lowest BCUT2D eigenvalue weighted by Gasteiger charge is -2.17. The highest BCUT2D eigenvalue weighted by molar-refractivity contribution is 5.12. The molecule has 0 saturated heterocycles. The fraction of sp³-hybridized carbons (Fsp3) is 0.600. The first-order chi connectivity index (χ1) is 9.88. The van der Waals surface area contributed by atoms with Crippen molar-refractivity contribution in [2.75, 3.05) is 0 Å². The van der Waals surface area contributed by atoms with Crippen LogP contribution in [0.1, 0.15) is 66.2 Å². The van der Waals surface area contributed by atoms with Crippen LogP contribution in [0.3, 0.4) is 0 Å². The van der Waals surface area contributed by atoms with Gasteiger partial charge in [-0.15, -0.1) is 0 Å². The Balaban J connectivity index is 2.87. The molecular weight excluding hydrogens is 256 g/mol. The van der Waals surface area contributed by atoms with Crippen LogP contribution in [0.15, 0.2) is 47.1 Å². The summed E-state index contributed by atoms with van der Waals surface area (Å²) in [6.07, 6.45) is 12.6. The van der Waals surface area contributed by atoms with E-state index in [0.717, 1.165) is 32.1 Å². The molecule has 2 unspecified atom stereocenters. The maximum Gasteiger partial charge on any atom is 0.0760 e. The van der Waals surface area contributed by atoms with E-state index in [0.29, 0.717) is 5.92 Å². The number of aliphatic hydroxyl groups excluding tert-OH is 1. The normalized spacial score (nSPS) is 33.7. The summed E-state index contributed by atoms with van der Waals surface area (Å²) in [4.78, 5) is 0. The SMILES string of the molecule is C=C(C)C1C/C=C(\C)CC(O)/C=C(/C)CC/C=C(/C)CC1. The van der Waals surface area contributed by atoms with Crippen molar-refractivity contribution in [2.45, 2.75) is 72.3 Å². The van der Waals surface area contributed by atoms with Crippen LogP contribution < -0.4 is 0 Å². The van der Waals surface area contributed by atoms with Crippen molar-refractivity contribution in [1.29, 1.82) is 0 Å². The molecule has 0 heterocycles. The Kier molecular flexibility index (Phi) is 7.74. The van der Waals surface area contributed by atoms with E-state index < -0.39 is 0 Å². The third-order valence-corrected chi connectivity index (χ3v) is 4.37. The molecule has 0 bridgehead atoms. The summed E-state index contributed by atoms with van der Waals surface area (Å²) in [7, 11) is 0. The van der Waals surface area contributed by atoms with Crippen molar-refractivity contribution >= 4 is 0 Å². The molecule has 118 valence electrons. The highest BCUT2D eigenvalue weighted by Crippen LogP contribution is 2.24. The van der Waals surface area contributed by atoms with E-state index in [-0.39, 0.29) is 6.10 Å². The van der Waals surface area contributed by atoms with Crippen molar-refractivity contribution in [3.05, 3.63) is 47.1 Å². The van der Waals surface area contributed by atoms with Gasteiger partial charge in [0.1, 0.15) is 0 Å². The van der Waals surface area contributed by atoms with Crippen LogP contribution in [-0.2, 0) is 0 Å². The van der Waals surface area contributed by atoms with Crippen molar-refractivity contribution in [3.63, 3.8) is 0 Å². The minimum atomic E-state index is -0.349. The van der Waals surface area contributed by atoms with E-state index in [9.17, 15) is 5.11 Å². The molecule has 0 aromatic rings. The summed E-state index contributed by atoms with van der Waals surface area (Å²) in [6.45, 7) is 12.8. The van der Waals surface area contributed by atoms with E-state index in [2.05, 4.69) is 46.4 Å². The summed E-state index contributed by atoms with van der Waals surface area (Å²) < 4.78 is 0. The van der Waals surface area contributed by atoms with E-state index in [1.54, 1.807) is 0 Å². The predicted molar refractivity (Wildman–Crippen MR) is 93.3 cm³/mol. The zero-order valence-corrected chi connectivity index (χ0v) is 14.3. The largest absolute Gasteiger partial charge is 0.389 e. The Morgan fingerprint density at radius 3 is 2.48 bits per heavy atom. The van der Waals surface area contributed by atoms with Gasteiger partial charge in [0, 0.05) is 0 Å². The Morgan fingerprint density at radius 1 is 1.10 bits per heavy atom. The molecule has 1 heteroatoms. The van der Waals surface area contributed by atoms with Crippen molar-refractivity contribution < 1.29 is 5.11 Å². The summed E-state index contributed by atoms with van der Waals surface area (Å²) in [5.41, 5.74) is 5.32. The Bertz CT molecular complexity index is 437. The standard InChI is InChI=1S/C20H32O/c1-15(2)19-11-9-16(3)7-6-8-17(4)13-20(21)14-18(5)10-12-19/h7,10,13,19-21H,1,6,8-9,11-12,14H2,2-5H3/b16-7-,17-13-,18-10+. The number of aliphatic hydroxyl groups is 1. The van der Waals surface area contributed by atoms with Crippen LogP contribution in [0.2, 0.25) is 0 Å². The average Bonchev–Trinajstić information content (AvgIpc) is 2.36. The molecule has 21 heavy (non-hydrogen) atoms. The molecule has 0 amide bonds. The highest BCUT2D eigenvalue weighted by Gasteiger charge is 2.10. The van der Waals surface area contributed by atoms with Gasteiger partial charge in [-0.3, -0.25) is 0 Å². The zero-order chi connectivity index (χ0) is 15.8. The summed E-state index contributed by atoms with van der Waals surface area (Å²) in [5, 5.41) is 10.1. The minimum Gasteiger partial charge on any atom is -0.389 e. The van der Waals surface area contributed by atoms with Crippen LogP contribution >= 0.6 is 0 Å². The molecule has 0 fully saturated rings. The molecule has 1 aliphatic rings. The van der Waals surface area contributed by atoms with Crippen LogP contribution in [0, 0.1) is 5.92 Å². The summed E-state index contributed by atoms with van der Waals surface area (Å²) >= 11 is 0. The first-order valence-corrected chi connectivity index (χ1v) is 8.20. The first-order valence-electron chi connectivity index (χ1n) is 8.20. The lowest BCUT2D eigenvalue weighted by molar-refractivity contribution is 0.222. The van der Waals surface area contributed by atoms with E-state index in [1.165, 1.54) is 28.7 Å². The van der Waals surface area contributed by atoms with Gasteiger partial charge in [0.15, 0.2) is 0 Å². The van der Waals surface area contributed by atoms with Gasteiger partial charge in [-0.1, -0.05) is 47.1 Å². The molecule has 0 aromatic heterocycles. The molecule has 0 saturated carbocycles. The highest BCUT2D eigenvalue weighted by atomic mass is 16.3. The quantitative estimate of drug-likeness (QED) is 0.611. The number of allylic oxidation sites excluding steroid dienone is 5. The lowest BCUT2D eigenvalue weighted by atomic mass is 9.89. The summed E-state index contributed by atoms with van der Waals surface area (Å²) in [6, 6.07) is 0. The molecule has 0 spiro atoms. The third kappa shape index (κ3) is 7.47. The maximum atomic E-state index is 10.1. The molecular formula is C20H32O. The first kappa shape index (κ1) is 18.0. The minimum absolute atomic E-state index is 0.349. The third-order valence-electron chi connectivity index (χ3n) is 4.37. The number of hydrogen-bond acceptors (Lipinski definition) is 1. The Morgan fingerprint density at radius 2 is 1.81 bits per heavy atom. The molecule has 0 aromatic carbocycles. The summed E-state index contributed by atoms with van der Waals surface area (Å²) in [5.74, 6) is 0.556. The molecule has 1 N–H and O–H groups in total. The molecule has 1 aliphatic carbocycles. The van der Waals surface area contributed by atoms with Crippen molar-refractivity contribution in [2.24, 2.45) is 5.92 Å². The van der Waals surface area contributed by atoms with Gasteiger partial charge in [-0.05, 0) is 72.1 Å². The van der Waals surface area contributed by atoms with Crippen LogP contribution in [0.4, 0.5) is 0 Å². The second-order valence-corrected chi connectivity index (χ2v) is 6.74. The van der Waals surface area contributed by atoms with Gasteiger partial charge in [0.2, 0.25) is 0 Å². The van der Waals surface area contributed by atoms with Crippen LogP contribution in [0.25, 0.3) is 0 Å². The van der Waals surface area contributed by atoms with Gasteiger partial charge in [-0.2, -0.15) is 0 Å². The van der Waals surface area contributed by atoms with Crippen molar-refractivity contribution in [1.82, 2.24) is 0 Å². The maximum absolute atomic E-state index is 10.1. The van der Waals surface area contributed by atoms with Gasteiger partial charge in [0.25, 0.3) is 0 Å². The fourth-order valence-electron chi connectivity index (χ4n) is 2.84. The molecule has 1 nitrogen and oxygen atoms in total. The van der Waals surface area contributed by atoms with E-state index in [1.807, 2.05) is 6.08 Å². The number of rotatable bonds is 1. The van der Waals surface area contributed by atoms with E-state index in [4.69, 9.17) is 0 Å². The fourth-order valence-corrected chi connectivity index (χ4v) is 2.84. The van der Waals surface area contributed by atoms with Gasteiger partial charge >= 0.3 is 0 Å². The van der Waals surface area contributed by atoms with Gasteiger partial charge in [-0.25, -0.2) is 0 Å². The van der Waals surface area contributed by atoms with Crippen molar-refractivity contribution in [3.8, 4) is 0 Å². The molecule has 0 aliphatic heterocycles. The average molecular weight is 288 g/mol. The zero-order valence-electron chi connectivity index (χ0n) is 14.3. The topological polar surface area (TPSA) is 20.2 Å². The second kappa shape index (κ2) is 9.04. The van der Waals surface area contributed by atoms with Crippen LogP contribution in [-0.4, -0.2) is 11.2 Å². The van der Waals surface area contributed by atoms with Gasteiger partial charge < -0.3 is 5.11 Å². The molecule has 1 rings (SSSR count). The Labute approximate surface area is 131 Å².